The maximum Gasteiger partial charge on any atom is 0.407 e. The number of nitrogens with zero attached hydrogens (tertiary/aromatic N) is 3. The number of ether oxygens (including phenoxy) is 1. The lowest BCUT2D eigenvalue weighted by Crippen LogP contribution is -2.39. The van der Waals surface area contributed by atoms with Gasteiger partial charge in [-0.25, -0.2) is 14.8 Å². The minimum Gasteiger partial charge on any atom is -0.443 e. The molecule has 1 aliphatic heterocycles. The standard InChI is InChI=1S/C23H26N4O2S/c1-17-4-2-5-19(12-17)21-6-3-7-22(26-21)27-10-8-18(9-11-27)13-24-23(28)29-14-20-15-30-16-25-20/h2-7,12,15-16,18H,8-11,13-14H2,1H3,(H,24,28). The van der Waals surface area contributed by atoms with E-state index in [9.17, 15) is 4.79 Å². The molecule has 7 heteroatoms. The van der Waals surface area contributed by atoms with Crippen LogP contribution in [0.5, 0.6) is 0 Å². The summed E-state index contributed by atoms with van der Waals surface area (Å²) in [6.45, 7) is 4.83. The number of anilines is 1. The number of carbonyl (C=O) groups excluding carboxylic acids is 1. The molecule has 0 unspecified atom stereocenters. The van der Waals surface area contributed by atoms with Gasteiger partial charge in [0.05, 0.1) is 16.9 Å². The first-order chi connectivity index (χ1) is 14.7. The van der Waals surface area contributed by atoms with Crippen molar-refractivity contribution in [1.29, 1.82) is 0 Å². The Morgan fingerprint density at radius 2 is 2.07 bits per heavy atom. The van der Waals surface area contributed by atoms with Gasteiger partial charge in [0.25, 0.3) is 0 Å². The van der Waals surface area contributed by atoms with Crippen LogP contribution in [0.3, 0.4) is 0 Å². The summed E-state index contributed by atoms with van der Waals surface area (Å²) in [4.78, 5) is 23.2. The first-order valence-electron chi connectivity index (χ1n) is 10.2. The van der Waals surface area contributed by atoms with Crippen LogP contribution in [-0.2, 0) is 11.3 Å². The Kier molecular flexibility index (Phi) is 6.59. The third-order valence-corrected chi connectivity index (χ3v) is 5.99. The predicted octanol–water partition coefficient (Wildman–Crippen LogP) is 4.66. The number of hydrogen-bond donors (Lipinski definition) is 1. The fourth-order valence-corrected chi connectivity index (χ4v) is 4.20. The van der Waals surface area contributed by atoms with Crippen molar-refractivity contribution >= 4 is 23.2 Å². The van der Waals surface area contributed by atoms with Crippen molar-refractivity contribution in [1.82, 2.24) is 15.3 Å². The molecule has 30 heavy (non-hydrogen) atoms. The summed E-state index contributed by atoms with van der Waals surface area (Å²) < 4.78 is 5.21. The summed E-state index contributed by atoms with van der Waals surface area (Å²) in [5.74, 6) is 1.47. The molecule has 0 spiro atoms. The van der Waals surface area contributed by atoms with Gasteiger partial charge in [-0.3, -0.25) is 0 Å². The third kappa shape index (κ3) is 5.36. The minimum atomic E-state index is -0.377. The maximum absolute atomic E-state index is 11.9. The molecule has 3 aromatic rings. The molecule has 1 N–H and O–H groups in total. The third-order valence-electron chi connectivity index (χ3n) is 5.36. The zero-order chi connectivity index (χ0) is 20.8. The lowest BCUT2D eigenvalue weighted by Gasteiger charge is -2.33. The second-order valence-electron chi connectivity index (χ2n) is 7.62. The Balaban J connectivity index is 1.25. The van der Waals surface area contributed by atoms with Crippen molar-refractivity contribution in [2.75, 3.05) is 24.5 Å². The predicted molar refractivity (Wildman–Crippen MR) is 120 cm³/mol. The molecule has 0 saturated carbocycles. The summed E-state index contributed by atoms with van der Waals surface area (Å²) in [5, 5.41) is 4.77. The van der Waals surface area contributed by atoms with Crippen LogP contribution in [0.2, 0.25) is 0 Å². The Labute approximate surface area is 180 Å². The largest absolute Gasteiger partial charge is 0.443 e. The number of aryl methyl sites for hydroxylation is 1. The number of benzene rings is 1. The number of alkyl carbamates (subject to hydrolysis) is 1. The molecule has 0 aliphatic carbocycles. The number of amides is 1. The fraction of sp³-hybridized carbons (Fsp3) is 0.348. The van der Waals surface area contributed by atoms with Gasteiger partial charge in [-0.1, -0.05) is 29.8 Å². The molecule has 1 saturated heterocycles. The highest BCUT2D eigenvalue weighted by Crippen LogP contribution is 2.25. The number of rotatable bonds is 6. The molecule has 156 valence electrons. The molecule has 0 bridgehead atoms. The van der Waals surface area contributed by atoms with Gasteiger partial charge in [0.15, 0.2) is 0 Å². The van der Waals surface area contributed by atoms with E-state index in [0.29, 0.717) is 12.5 Å². The van der Waals surface area contributed by atoms with E-state index in [-0.39, 0.29) is 12.7 Å². The molecule has 1 amide bonds. The molecule has 1 aromatic carbocycles. The molecule has 6 nitrogen and oxygen atoms in total. The second-order valence-corrected chi connectivity index (χ2v) is 8.34. The van der Waals surface area contributed by atoms with Crippen LogP contribution < -0.4 is 10.2 Å². The van der Waals surface area contributed by atoms with E-state index in [1.165, 1.54) is 16.9 Å². The Morgan fingerprint density at radius 1 is 1.23 bits per heavy atom. The smallest absolute Gasteiger partial charge is 0.407 e. The first-order valence-corrected chi connectivity index (χ1v) is 11.2. The molecule has 1 aliphatic rings. The normalized spacial score (nSPS) is 14.5. The molecule has 1 fully saturated rings. The second kappa shape index (κ2) is 9.71. The SMILES string of the molecule is Cc1cccc(-c2cccc(N3CCC(CNC(=O)OCc4cscn4)CC3)n2)c1. The number of thiazole rings is 1. The Hall–Kier alpha value is -2.93. The average molecular weight is 423 g/mol. The van der Waals surface area contributed by atoms with E-state index in [2.05, 4.69) is 64.6 Å². The van der Waals surface area contributed by atoms with Crippen LogP contribution in [0.15, 0.2) is 53.4 Å². The van der Waals surface area contributed by atoms with E-state index in [0.717, 1.165) is 48.7 Å². The van der Waals surface area contributed by atoms with Crippen LogP contribution in [-0.4, -0.2) is 35.7 Å². The lowest BCUT2D eigenvalue weighted by atomic mass is 9.97. The number of aromatic nitrogens is 2. The zero-order valence-corrected chi connectivity index (χ0v) is 17.9. The van der Waals surface area contributed by atoms with E-state index >= 15 is 0 Å². The van der Waals surface area contributed by atoms with E-state index < -0.39 is 0 Å². The van der Waals surface area contributed by atoms with Gasteiger partial charge >= 0.3 is 6.09 Å². The van der Waals surface area contributed by atoms with Crippen molar-refractivity contribution in [2.45, 2.75) is 26.4 Å². The van der Waals surface area contributed by atoms with Crippen LogP contribution in [0.25, 0.3) is 11.3 Å². The number of nitrogens with one attached hydrogen (secondary N) is 1. The molecule has 2 aromatic heterocycles. The van der Waals surface area contributed by atoms with Gasteiger partial charge in [-0.05, 0) is 43.9 Å². The molecule has 0 radical (unpaired) electrons. The molecular weight excluding hydrogens is 396 g/mol. The Morgan fingerprint density at radius 3 is 2.83 bits per heavy atom. The van der Waals surface area contributed by atoms with Crippen molar-refractivity contribution in [3.05, 3.63) is 64.6 Å². The number of hydrogen-bond acceptors (Lipinski definition) is 6. The molecule has 4 rings (SSSR count). The van der Waals surface area contributed by atoms with Crippen LogP contribution >= 0.6 is 11.3 Å². The number of carbonyl (C=O) groups is 1. The molecule has 3 heterocycles. The highest BCUT2D eigenvalue weighted by molar-refractivity contribution is 7.07. The van der Waals surface area contributed by atoms with Gasteiger partial charge < -0.3 is 15.0 Å². The van der Waals surface area contributed by atoms with Gasteiger partial charge in [-0.2, -0.15) is 0 Å². The van der Waals surface area contributed by atoms with Crippen LogP contribution in [0, 0.1) is 12.8 Å². The number of piperidine rings is 1. The summed E-state index contributed by atoms with van der Waals surface area (Å²) >= 11 is 1.49. The Bertz CT molecular complexity index is 969. The average Bonchev–Trinajstić information content (AvgIpc) is 3.30. The van der Waals surface area contributed by atoms with E-state index in [1.807, 2.05) is 5.38 Å². The first kappa shape index (κ1) is 20.3. The lowest BCUT2D eigenvalue weighted by molar-refractivity contribution is 0.136. The monoisotopic (exact) mass is 422 g/mol. The summed E-state index contributed by atoms with van der Waals surface area (Å²) in [5.41, 5.74) is 5.90. The quantitative estimate of drug-likeness (QED) is 0.626. The van der Waals surface area contributed by atoms with E-state index in [4.69, 9.17) is 9.72 Å². The van der Waals surface area contributed by atoms with Gasteiger partial charge in [0, 0.05) is 30.6 Å². The summed E-state index contributed by atoms with van der Waals surface area (Å²) in [6, 6.07) is 14.6. The van der Waals surface area contributed by atoms with Crippen molar-refractivity contribution in [3.63, 3.8) is 0 Å². The molecule has 0 atom stereocenters. The number of pyridine rings is 1. The van der Waals surface area contributed by atoms with E-state index in [1.54, 1.807) is 5.51 Å². The maximum atomic E-state index is 11.9. The fourth-order valence-electron chi connectivity index (χ4n) is 3.66. The van der Waals surface area contributed by atoms with Crippen LogP contribution in [0.1, 0.15) is 24.1 Å². The van der Waals surface area contributed by atoms with Gasteiger partial charge in [-0.15, -0.1) is 11.3 Å². The summed E-state index contributed by atoms with van der Waals surface area (Å²) in [7, 11) is 0. The highest BCUT2D eigenvalue weighted by atomic mass is 32.1. The molecular formula is C23H26N4O2S. The van der Waals surface area contributed by atoms with Crippen molar-refractivity contribution in [3.8, 4) is 11.3 Å². The van der Waals surface area contributed by atoms with Gasteiger partial charge in [0.1, 0.15) is 12.4 Å². The minimum absolute atomic E-state index is 0.219. The zero-order valence-electron chi connectivity index (χ0n) is 17.1. The van der Waals surface area contributed by atoms with Crippen molar-refractivity contribution in [2.24, 2.45) is 5.92 Å². The topological polar surface area (TPSA) is 67.4 Å². The van der Waals surface area contributed by atoms with Gasteiger partial charge in [0.2, 0.25) is 0 Å². The van der Waals surface area contributed by atoms with Crippen LogP contribution in [0.4, 0.5) is 10.6 Å². The summed E-state index contributed by atoms with van der Waals surface area (Å²) in [6.07, 6.45) is 1.66. The van der Waals surface area contributed by atoms with Crippen molar-refractivity contribution < 1.29 is 9.53 Å². The highest BCUT2D eigenvalue weighted by Gasteiger charge is 2.21.